The SMILES string of the molecule is Cc1ccc(C=C2N=C(c3cccc(F)c3)OC2=O)s1. The first-order chi connectivity index (χ1) is 9.61. The smallest absolute Gasteiger partial charge is 0.363 e. The highest BCUT2D eigenvalue weighted by Gasteiger charge is 2.24. The molecule has 0 amide bonds. The maximum Gasteiger partial charge on any atom is 0.363 e. The van der Waals surface area contributed by atoms with E-state index in [2.05, 4.69) is 4.99 Å². The average Bonchev–Trinajstić information content (AvgIpc) is 2.97. The Morgan fingerprint density at radius 1 is 1.30 bits per heavy atom. The van der Waals surface area contributed by atoms with Gasteiger partial charge in [0.25, 0.3) is 0 Å². The van der Waals surface area contributed by atoms with Gasteiger partial charge in [-0.3, -0.25) is 0 Å². The van der Waals surface area contributed by atoms with Gasteiger partial charge in [-0.25, -0.2) is 14.2 Å². The fraction of sp³-hybridized carbons (Fsp3) is 0.0667. The molecule has 1 aliphatic rings. The molecule has 20 heavy (non-hydrogen) atoms. The Kier molecular flexibility index (Phi) is 3.20. The molecule has 3 nitrogen and oxygen atoms in total. The van der Waals surface area contributed by atoms with E-state index in [0.717, 1.165) is 9.75 Å². The fourth-order valence-corrected chi connectivity index (χ4v) is 2.63. The summed E-state index contributed by atoms with van der Waals surface area (Å²) in [5.74, 6) is -0.781. The molecule has 1 aromatic heterocycles. The number of rotatable bonds is 2. The van der Waals surface area contributed by atoms with Crippen LogP contribution in [-0.2, 0) is 9.53 Å². The molecule has 0 saturated carbocycles. The van der Waals surface area contributed by atoms with Crippen molar-refractivity contribution < 1.29 is 13.9 Å². The number of thiophene rings is 1. The summed E-state index contributed by atoms with van der Waals surface area (Å²) in [5.41, 5.74) is 0.676. The number of carbonyl (C=O) groups excluding carboxylic acids is 1. The molecular weight excluding hydrogens is 277 g/mol. The molecule has 0 atom stereocenters. The van der Waals surface area contributed by atoms with Crippen molar-refractivity contribution in [1.29, 1.82) is 0 Å². The summed E-state index contributed by atoms with van der Waals surface area (Å²) in [6.45, 7) is 1.99. The lowest BCUT2D eigenvalue weighted by atomic mass is 10.2. The molecule has 0 radical (unpaired) electrons. The summed E-state index contributed by atoms with van der Waals surface area (Å²) >= 11 is 1.56. The van der Waals surface area contributed by atoms with Gasteiger partial charge in [-0.15, -0.1) is 11.3 Å². The normalized spacial score (nSPS) is 16.4. The van der Waals surface area contributed by atoms with Gasteiger partial charge in [0.05, 0.1) is 0 Å². The summed E-state index contributed by atoms with van der Waals surface area (Å²) in [4.78, 5) is 18.0. The van der Waals surface area contributed by atoms with Crippen molar-refractivity contribution in [2.75, 3.05) is 0 Å². The number of halogens is 1. The zero-order chi connectivity index (χ0) is 14.1. The molecule has 1 aromatic carbocycles. The van der Waals surface area contributed by atoms with Crippen molar-refractivity contribution in [3.05, 3.63) is 63.2 Å². The van der Waals surface area contributed by atoms with Gasteiger partial charge in [-0.2, -0.15) is 0 Å². The molecule has 0 spiro atoms. The fourth-order valence-electron chi connectivity index (χ4n) is 1.82. The van der Waals surface area contributed by atoms with Crippen molar-refractivity contribution in [2.24, 2.45) is 4.99 Å². The largest absolute Gasteiger partial charge is 0.402 e. The first-order valence-electron chi connectivity index (χ1n) is 5.97. The number of benzene rings is 1. The molecule has 5 heteroatoms. The summed E-state index contributed by atoms with van der Waals surface area (Å²) in [6, 6.07) is 9.68. The van der Waals surface area contributed by atoms with E-state index in [-0.39, 0.29) is 11.6 Å². The first-order valence-corrected chi connectivity index (χ1v) is 6.78. The van der Waals surface area contributed by atoms with Crippen molar-refractivity contribution in [2.45, 2.75) is 6.92 Å². The van der Waals surface area contributed by atoms with Gasteiger partial charge in [0, 0.05) is 15.3 Å². The molecule has 0 N–H and O–H groups in total. The summed E-state index contributed by atoms with van der Waals surface area (Å²) in [6.07, 6.45) is 1.67. The van der Waals surface area contributed by atoms with Gasteiger partial charge >= 0.3 is 5.97 Å². The zero-order valence-electron chi connectivity index (χ0n) is 10.6. The molecule has 2 heterocycles. The van der Waals surface area contributed by atoms with E-state index in [1.165, 1.54) is 12.1 Å². The maximum absolute atomic E-state index is 13.2. The summed E-state index contributed by atoms with van der Waals surface area (Å²) < 4.78 is 18.2. The highest BCUT2D eigenvalue weighted by Crippen LogP contribution is 2.23. The Labute approximate surface area is 119 Å². The number of hydrogen-bond acceptors (Lipinski definition) is 4. The second-order valence-corrected chi connectivity index (χ2v) is 5.61. The molecule has 2 aromatic rings. The van der Waals surface area contributed by atoms with E-state index >= 15 is 0 Å². The number of aryl methyl sites for hydroxylation is 1. The summed E-state index contributed by atoms with van der Waals surface area (Å²) in [5, 5.41) is 0. The number of esters is 1. The molecule has 100 valence electrons. The highest BCUT2D eigenvalue weighted by atomic mass is 32.1. The lowest BCUT2D eigenvalue weighted by molar-refractivity contribution is -0.129. The van der Waals surface area contributed by atoms with Crippen LogP contribution in [0.15, 0.2) is 47.1 Å². The van der Waals surface area contributed by atoms with Gasteiger partial charge < -0.3 is 4.74 Å². The topological polar surface area (TPSA) is 38.7 Å². The molecule has 0 saturated heterocycles. The zero-order valence-corrected chi connectivity index (χ0v) is 11.4. The number of aliphatic imine (C=N–C) groups is 1. The minimum absolute atomic E-state index is 0.133. The Hall–Kier alpha value is -2.27. The van der Waals surface area contributed by atoms with Crippen LogP contribution in [0.3, 0.4) is 0 Å². The van der Waals surface area contributed by atoms with Gasteiger partial charge in [0.15, 0.2) is 5.70 Å². The van der Waals surface area contributed by atoms with Gasteiger partial charge in [0.2, 0.25) is 5.90 Å². The van der Waals surface area contributed by atoms with Crippen LogP contribution in [0.2, 0.25) is 0 Å². The second kappa shape index (κ2) is 5.02. The Balaban J connectivity index is 1.94. The van der Waals surface area contributed by atoms with Crippen LogP contribution in [0.25, 0.3) is 6.08 Å². The van der Waals surface area contributed by atoms with E-state index in [0.29, 0.717) is 5.56 Å². The van der Waals surface area contributed by atoms with Crippen LogP contribution in [0.4, 0.5) is 4.39 Å². The molecule has 0 unspecified atom stereocenters. The van der Waals surface area contributed by atoms with E-state index < -0.39 is 11.8 Å². The number of nitrogens with zero attached hydrogens (tertiary/aromatic N) is 1. The molecule has 3 rings (SSSR count). The van der Waals surface area contributed by atoms with Crippen LogP contribution in [-0.4, -0.2) is 11.9 Å². The predicted molar refractivity (Wildman–Crippen MR) is 76.1 cm³/mol. The van der Waals surface area contributed by atoms with Crippen molar-refractivity contribution in [1.82, 2.24) is 0 Å². The number of carbonyl (C=O) groups is 1. The van der Waals surface area contributed by atoms with Crippen LogP contribution >= 0.6 is 11.3 Å². The van der Waals surface area contributed by atoms with Crippen LogP contribution in [0.5, 0.6) is 0 Å². The molecule has 0 fully saturated rings. The third kappa shape index (κ3) is 2.53. The third-order valence-corrected chi connectivity index (χ3v) is 3.68. The minimum atomic E-state index is -0.518. The van der Waals surface area contributed by atoms with Gasteiger partial charge in [0.1, 0.15) is 5.82 Å². The van der Waals surface area contributed by atoms with E-state index in [1.807, 2.05) is 19.1 Å². The second-order valence-electron chi connectivity index (χ2n) is 4.29. The van der Waals surface area contributed by atoms with Crippen molar-refractivity contribution >= 4 is 29.3 Å². The molecular formula is C15H10FNO2S. The standard InChI is InChI=1S/C15H10FNO2S/c1-9-5-6-12(20-9)8-13-15(18)19-14(17-13)10-3-2-4-11(16)7-10/h2-8H,1H3. The van der Waals surface area contributed by atoms with Crippen LogP contribution in [0.1, 0.15) is 15.3 Å². The summed E-state index contributed by atoms with van der Waals surface area (Å²) in [7, 11) is 0. The molecule has 0 aliphatic carbocycles. The lowest BCUT2D eigenvalue weighted by Gasteiger charge is -1.98. The first kappa shape index (κ1) is 12.7. The maximum atomic E-state index is 13.2. The van der Waals surface area contributed by atoms with Crippen molar-refractivity contribution in [3.63, 3.8) is 0 Å². The molecule has 0 bridgehead atoms. The van der Waals surface area contributed by atoms with E-state index in [9.17, 15) is 9.18 Å². The lowest BCUT2D eigenvalue weighted by Crippen LogP contribution is -2.05. The monoisotopic (exact) mass is 287 g/mol. The van der Waals surface area contributed by atoms with Gasteiger partial charge in [-0.1, -0.05) is 6.07 Å². The Morgan fingerprint density at radius 2 is 2.15 bits per heavy atom. The number of cyclic esters (lactones) is 1. The van der Waals surface area contributed by atoms with Crippen molar-refractivity contribution in [3.8, 4) is 0 Å². The highest BCUT2D eigenvalue weighted by molar-refractivity contribution is 7.12. The Morgan fingerprint density at radius 3 is 2.85 bits per heavy atom. The number of ether oxygens (including phenoxy) is 1. The van der Waals surface area contributed by atoms with E-state index in [4.69, 9.17) is 4.74 Å². The van der Waals surface area contributed by atoms with E-state index in [1.54, 1.807) is 29.5 Å². The third-order valence-electron chi connectivity index (χ3n) is 2.73. The van der Waals surface area contributed by atoms with Crippen LogP contribution < -0.4 is 0 Å². The predicted octanol–water partition coefficient (Wildman–Crippen LogP) is 3.54. The quantitative estimate of drug-likeness (QED) is 0.626. The Bertz CT molecular complexity index is 746. The van der Waals surface area contributed by atoms with Gasteiger partial charge in [-0.05, 0) is 43.3 Å². The minimum Gasteiger partial charge on any atom is -0.402 e. The van der Waals surface area contributed by atoms with Crippen LogP contribution in [0, 0.1) is 12.7 Å². The number of hydrogen-bond donors (Lipinski definition) is 0. The average molecular weight is 287 g/mol. The molecule has 1 aliphatic heterocycles.